The van der Waals surface area contributed by atoms with Crippen LogP contribution in [0.3, 0.4) is 0 Å². The first-order valence-electron chi connectivity index (χ1n) is 5.16. The molecule has 0 amide bonds. The lowest BCUT2D eigenvalue weighted by Crippen LogP contribution is -2.18. The van der Waals surface area contributed by atoms with Crippen LogP contribution in [0.4, 0.5) is 0 Å². The summed E-state index contributed by atoms with van der Waals surface area (Å²) in [5.74, 6) is 0. The van der Waals surface area contributed by atoms with Crippen LogP contribution in [0, 0.1) is 6.92 Å². The van der Waals surface area contributed by atoms with Crippen molar-refractivity contribution in [2.75, 3.05) is 0 Å². The average molecular weight is 234 g/mol. The van der Waals surface area contributed by atoms with Gasteiger partial charge in [-0.1, -0.05) is 0 Å². The predicted octanol–water partition coefficient (Wildman–Crippen LogP) is 2.09. The molecule has 0 radical (unpaired) electrons. The highest BCUT2D eigenvalue weighted by Gasteiger charge is 2.08. The molecule has 1 N–H and O–H groups in total. The van der Waals surface area contributed by atoms with E-state index in [9.17, 15) is 0 Å². The van der Waals surface area contributed by atoms with Gasteiger partial charge in [0.2, 0.25) is 0 Å². The van der Waals surface area contributed by atoms with Crippen LogP contribution in [0.25, 0.3) is 0 Å². The van der Waals surface area contributed by atoms with Crippen LogP contribution in [-0.4, -0.2) is 15.0 Å². The fraction of sp³-hybridized carbons (Fsp3) is 0.364. The van der Waals surface area contributed by atoms with Crippen molar-refractivity contribution in [2.45, 2.75) is 26.4 Å². The maximum Gasteiger partial charge on any atom is 0.115 e. The molecule has 0 spiro atoms. The Morgan fingerprint density at radius 2 is 2.31 bits per heavy atom. The quantitative estimate of drug-likeness (QED) is 0.880. The summed E-state index contributed by atoms with van der Waals surface area (Å²) in [4.78, 5) is 13.6. The van der Waals surface area contributed by atoms with Crippen LogP contribution in [0.1, 0.15) is 28.5 Å². The van der Waals surface area contributed by atoms with Gasteiger partial charge in [-0.25, -0.2) is 15.0 Å². The van der Waals surface area contributed by atoms with Gasteiger partial charge in [0.05, 0.1) is 11.7 Å². The zero-order valence-electron chi connectivity index (χ0n) is 9.34. The number of thiazole rings is 1. The van der Waals surface area contributed by atoms with Gasteiger partial charge in [-0.15, -0.1) is 11.3 Å². The first kappa shape index (κ1) is 11.2. The molecular weight excluding hydrogens is 220 g/mol. The first-order chi connectivity index (χ1) is 7.75. The number of hydrogen-bond donors (Lipinski definition) is 1. The van der Waals surface area contributed by atoms with Gasteiger partial charge in [-0.3, -0.25) is 0 Å². The van der Waals surface area contributed by atoms with Crippen LogP contribution < -0.4 is 5.32 Å². The van der Waals surface area contributed by atoms with Gasteiger partial charge in [-0.2, -0.15) is 0 Å². The molecule has 4 nitrogen and oxygen atoms in total. The van der Waals surface area contributed by atoms with Crippen LogP contribution >= 0.6 is 11.3 Å². The van der Waals surface area contributed by atoms with E-state index in [1.165, 1.54) is 4.88 Å². The van der Waals surface area contributed by atoms with Gasteiger partial charge in [0.25, 0.3) is 0 Å². The van der Waals surface area contributed by atoms with E-state index in [1.54, 1.807) is 23.9 Å². The monoisotopic (exact) mass is 234 g/mol. The van der Waals surface area contributed by atoms with Crippen LogP contribution in [0.5, 0.6) is 0 Å². The third-order valence-electron chi connectivity index (χ3n) is 2.24. The third-order valence-corrected chi connectivity index (χ3v) is 3.34. The Labute approximate surface area is 98.8 Å². The third kappa shape index (κ3) is 2.84. The van der Waals surface area contributed by atoms with E-state index < -0.39 is 0 Å². The molecule has 0 aliphatic carbocycles. The molecule has 84 valence electrons. The Bertz CT molecular complexity index is 440. The van der Waals surface area contributed by atoms with Gasteiger partial charge >= 0.3 is 0 Å². The number of aryl methyl sites for hydroxylation is 1. The Balaban J connectivity index is 1.91. The molecular formula is C11H14N4S. The topological polar surface area (TPSA) is 50.7 Å². The number of nitrogens with zero attached hydrogens (tertiary/aromatic N) is 3. The minimum Gasteiger partial charge on any atom is -0.302 e. The molecule has 2 aromatic rings. The standard InChI is InChI=1S/C11H14N4S/c1-8-5-14-11(16-8)9(2)13-6-10-3-4-12-7-15-10/h3-5,7,9,13H,6H2,1-2H3. The van der Waals surface area contributed by atoms with Crippen LogP contribution in [0.2, 0.25) is 0 Å². The molecule has 0 saturated carbocycles. The van der Waals surface area contributed by atoms with Crippen molar-refractivity contribution < 1.29 is 0 Å². The molecule has 0 fully saturated rings. The van der Waals surface area contributed by atoms with Crippen molar-refractivity contribution >= 4 is 11.3 Å². The summed E-state index contributed by atoms with van der Waals surface area (Å²) in [6, 6.07) is 2.17. The molecule has 5 heteroatoms. The molecule has 2 aromatic heterocycles. The molecule has 0 aromatic carbocycles. The summed E-state index contributed by atoms with van der Waals surface area (Å²) >= 11 is 1.72. The summed E-state index contributed by atoms with van der Waals surface area (Å²) in [6.45, 7) is 4.92. The highest BCUT2D eigenvalue weighted by molar-refractivity contribution is 7.11. The number of hydrogen-bond acceptors (Lipinski definition) is 5. The van der Waals surface area contributed by atoms with Gasteiger partial charge in [0.1, 0.15) is 11.3 Å². The number of rotatable bonds is 4. The Kier molecular flexibility index (Phi) is 3.58. The van der Waals surface area contributed by atoms with Gasteiger partial charge in [0, 0.05) is 23.8 Å². The zero-order chi connectivity index (χ0) is 11.4. The minimum atomic E-state index is 0.258. The van der Waals surface area contributed by atoms with Crippen molar-refractivity contribution in [3.05, 3.63) is 40.4 Å². The molecule has 2 rings (SSSR count). The molecule has 2 heterocycles. The lowest BCUT2D eigenvalue weighted by molar-refractivity contribution is 0.564. The number of aromatic nitrogens is 3. The smallest absolute Gasteiger partial charge is 0.115 e. The Morgan fingerprint density at radius 1 is 1.44 bits per heavy atom. The first-order valence-corrected chi connectivity index (χ1v) is 5.98. The van der Waals surface area contributed by atoms with E-state index in [0.717, 1.165) is 17.2 Å². The SMILES string of the molecule is Cc1cnc(C(C)NCc2ccncn2)s1. The second-order valence-corrected chi connectivity index (χ2v) is 4.88. The summed E-state index contributed by atoms with van der Waals surface area (Å²) in [5, 5.41) is 4.50. The Morgan fingerprint density at radius 3 is 2.94 bits per heavy atom. The van der Waals surface area contributed by atoms with E-state index in [4.69, 9.17) is 0 Å². The fourth-order valence-corrected chi connectivity index (χ4v) is 2.14. The summed E-state index contributed by atoms with van der Waals surface area (Å²) in [7, 11) is 0. The highest BCUT2D eigenvalue weighted by Crippen LogP contribution is 2.18. The molecule has 0 aliphatic rings. The van der Waals surface area contributed by atoms with E-state index in [2.05, 4.69) is 34.1 Å². The summed E-state index contributed by atoms with van der Waals surface area (Å²) in [6.07, 6.45) is 5.22. The zero-order valence-corrected chi connectivity index (χ0v) is 10.2. The minimum absolute atomic E-state index is 0.258. The molecule has 16 heavy (non-hydrogen) atoms. The lowest BCUT2D eigenvalue weighted by Gasteiger charge is -2.10. The van der Waals surface area contributed by atoms with E-state index in [-0.39, 0.29) is 6.04 Å². The van der Waals surface area contributed by atoms with Crippen molar-refractivity contribution in [1.29, 1.82) is 0 Å². The second-order valence-electron chi connectivity index (χ2n) is 3.61. The van der Waals surface area contributed by atoms with Gasteiger partial charge in [0.15, 0.2) is 0 Å². The highest BCUT2D eigenvalue weighted by atomic mass is 32.1. The predicted molar refractivity (Wildman–Crippen MR) is 64.1 cm³/mol. The van der Waals surface area contributed by atoms with Gasteiger partial charge < -0.3 is 5.32 Å². The normalized spacial score (nSPS) is 12.6. The molecule has 1 unspecified atom stereocenters. The molecule has 0 bridgehead atoms. The summed E-state index contributed by atoms with van der Waals surface area (Å²) < 4.78 is 0. The second kappa shape index (κ2) is 5.14. The van der Waals surface area contributed by atoms with Crippen LogP contribution in [-0.2, 0) is 6.54 Å². The van der Waals surface area contributed by atoms with Crippen molar-refractivity contribution in [3.8, 4) is 0 Å². The van der Waals surface area contributed by atoms with Crippen molar-refractivity contribution in [2.24, 2.45) is 0 Å². The Hall–Kier alpha value is -1.33. The van der Waals surface area contributed by atoms with Crippen molar-refractivity contribution in [3.63, 3.8) is 0 Å². The summed E-state index contributed by atoms with van der Waals surface area (Å²) in [5.41, 5.74) is 0.995. The largest absolute Gasteiger partial charge is 0.302 e. The van der Waals surface area contributed by atoms with Crippen LogP contribution in [0.15, 0.2) is 24.8 Å². The van der Waals surface area contributed by atoms with Gasteiger partial charge in [-0.05, 0) is 19.9 Å². The maximum absolute atomic E-state index is 4.35. The molecule has 0 aliphatic heterocycles. The van der Waals surface area contributed by atoms with E-state index >= 15 is 0 Å². The van der Waals surface area contributed by atoms with Crippen molar-refractivity contribution in [1.82, 2.24) is 20.3 Å². The number of nitrogens with one attached hydrogen (secondary N) is 1. The van der Waals surface area contributed by atoms with E-state index in [0.29, 0.717) is 0 Å². The fourth-order valence-electron chi connectivity index (χ4n) is 1.34. The maximum atomic E-state index is 4.35. The van der Waals surface area contributed by atoms with E-state index in [1.807, 2.05) is 12.3 Å². The molecule has 1 atom stereocenters. The molecule has 0 saturated heterocycles. The average Bonchev–Trinajstić information content (AvgIpc) is 2.74. The lowest BCUT2D eigenvalue weighted by atomic mass is 10.3.